The van der Waals surface area contributed by atoms with E-state index in [1.807, 2.05) is 0 Å². The Morgan fingerprint density at radius 3 is 1.00 bits per heavy atom. The second-order valence-corrected chi connectivity index (χ2v) is 16.0. The molecule has 3 heteroatoms. The molecular formula is C12H28Cl2Hf. The van der Waals surface area contributed by atoms with Crippen LogP contribution in [-0.2, 0) is 22.9 Å². The first-order chi connectivity index (χ1) is 5.59. The van der Waals surface area contributed by atoms with Gasteiger partial charge in [-0.1, -0.05) is 0 Å². The van der Waals surface area contributed by atoms with E-state index in [1.54, 1.807) is 0 Å². The van der Waals surface area contributed by atoms with Gasteiger partial charge in [0.1, 0.15) is 0 Å². The third kappa shape index (κ3) is 7.39. The molecule has 0 unspecified atom stereocenters. The van der Waals surface area contributed by atoms with Gasteiger partial charge in [-0.2, -0.15) is 0 Å². The van der Waals surface area contributed by atoms with Crippen LogP contribution in [0.15, 0.2) is 0 Å². The van der Waals surface area contributed by atoms with E-state index in [4.69, 9.17) is 0 Å². The van der Waals surface area contributed by atoms with Crippen LogP contribution in [0.2, 0.25) is 6.34 Å². The van der Waals surface area contributed by atoms with Gasteiger partial charge in [0.2, 0.25) is 0 Å². The summed E-state index contributed by atoms with van der Waals surface area (Å²) in [5, 5.41) is 0. The van der Waals surface area contributed by atoms with Gasteiger partial charge in [-0.3, -0.25) is 0 Å². The van der Waals surface area contributed by atoms with Crippen molar-refractivity contribution < 1.29 is 22.9 Å². The molecule has 94 valence electrons. The van der Waals surface area contributed by atoms with E-state index in [2.05, 4.69) is 55.4 Å². The molecule has 0 fully saturated rings. The number of rotatable bonds is 4. The standard InChI is InChI=1S/2C6H13.2ClH.Hf/c2*1-5(2)6(3)4;;;/h2*5H,1-4H3;2*1H;. The van der Waals surface area contributed by atoms with Gasteiger partial charge in [-0.15, -0.1) is 24.8 Å². The Bertz CT molecular complexity index is 145. The van der Waals surface area contributed by atoms with Crippen molar-refractivity contribution in [2.75, 3.05) is 0 Å². The molecule has 0 radical (unpaired) electrons. The van der Waals surface area contributed by atoms with Crippen LogP contribution in [0.4, 0.5) is 0 Å². The van der Waals surface area contributed by atoms with Crippen molar-refractivity contribution in [3.63, 3.8) is 0 Å². The summed E-state index contributed by atoms with van der Waals surface area (Å²) in [4.78, 5) is 0. The van der Waals surface area contributed by atoms with Crippen molar-refractivity contribution in [3.8, 4) is 0 Å². The molecule has 0 atom stereocenters. The van der Waals surface area contributed by atoms with Crippen molar-refractivity contribution in [3.05, 3.63) is 0 Å². The Kier molecular flexibility index (Phi) is 11.2. The molecule has 0 amide bonds. The summed E-state index contributed by atoms with van der Waals surface area (Å²) >= 11 is -0.565. The SMILES string of the molecule is CC(C)[C](C)(C)[Hf][C](C)(C)C(C)C.Cl.Cl. The third-order valence-electron chi connectivity index (χ3n) is 3.53. The minimum atomic E-state index is -0.565. The predicted molar refractivity (Wildman–Crippen MR) is 72.3 cm³/mol. The Labute approximate surface area is 121 Å². The summed E-state index contributed by atoms with van der Waals surface area (Å²) in [6.07, 6.45) is 0. The fourth-order valence-corrected chi connectivity index (χ4v) is 9.16. The molecule has 0 saturated heterocycles. The van der Waals surface area contributed by atoms with E-state index in [0.717, 1.165) is 11.8 Å². The minimum Gasteiger partial charge on any atom is -0.147 e. The fourth-order valence-electron chi connectivity index (χ4n) is 1.12. The van der Waals surface area contributed by atoms with Gasteiger partial charge in [0.15, 0.2) is 0 Å². The first-order valence-electron chi connectivity index (χ1n) is 5.39. The Balaban J connectivity index is -0.000000720. The molecule has 0 aromatic heterocycles. The molecule has 0 aliphatic carbocycles. The van der Waals surface area contributed by atoms with E-state index in [-0.39, 0.29) is 24.8 Å². The van der Waals surface area contributed by atoms with Crippen molar-refractivity contribution in [2.24, 2.45) is 11.8 Å². The van der Waals surface area contributed by atoms with Crippen molar-refractivity contribution in [1.29, 1.82) is 0 Å². The Morgan fingerprint density at radius 1 is 0.667 bits per heavy atom. The van der Waals surface area contributed by atoms with Crippen LogP contribution in [0, 0.1) is 11.8 Å². The van der Waals surface area contributed by atoms with Gasteiger partial charge in [-0.05, 0) is 0 Å². The molecule has 0 aromatic carbocycles. The minimum absolute atomic E-state index is 0. The van der Waals surface area contributed by atoms with Gasteiger partial charge in [-0.25, -0.2) is 0 Å². The molecule has 0 heterocycles. The molecule has 15 heavy (non-hydrogen) atoms. The molecule has 0 aliphatic heterocycles. The van der Waals surface area contributed by atoms with Gasteiger partial charge < -0.3 is 0 Å². The largest absolute Gasteiger partial charge is 0.147 e. The molecule has 0 aromatic rings. The normalized spacial score (nSPS) is 12.1. The van der Waals surface area contributed by atoms with Crippen LogP contribution in [0.25, 0.3) is 0 Å². The van der Waals surface area contributed by atoms with Gasteiger partial charge in [0, 0.05) is 0 Å². The van der Waals surface area contributed by atoms with Crippen molar-refractivity contribution >= 4 is 24.8 Å². The smallest absolute Gasteiger partial charge is 0.147 e. The zero-order valence-electron chi connectivity index (χ0n) is 11.5. The molecule has 0 N–H and O–H groups in total. The molecule has 0 aliphatic rings. The average molecular weight is 422 g/mol. The monoisotopic (exact) mass is 422 g/mol. The number of halogens is 2. The maximum atomic E-state index is 2.48. The summed E-state index contributed by atoms with van der Waals surface area (Å²) in [6.45, 7) is 19.4. The zero-order chi connectivity index (χ0) is 10.9. The van der Waals surface area contributed by atoms with Crippen LogP contribution < -0.4 is 0 Å². The van der Waals surface area contributed by atoms with Crippen LogP contribution in [-0.4, -0.2) is 0 Å². The summed E-state index contributed by atoms with van der Waals surface area (Å²) < 4.78 is 1.32. The first kappa shape index (κ1) is 21.7. The van der Waals surface area contributed by atoms with Gasteiger partial charge in [0.25, 0.3) is 0 Å². The second kappa shape index (κ2) is 7.71. The number of hydrogen-bond donors (Lipinski definition) is 0. The second-order valence-electron chi connectivity index (χ2n) is 5.88. The Hall–Kier alpha value is 1.45. The average Bonchev–Trinajstić information content (AvgIpc) is 1.83. The van der Waals surface area contributed by atoms with Gasteiger partial charge >= 0.3 is 96.5 Å². The summed E-state index contributed by atoms with van der Waals surface area (Å²) in [5.74, 6) is 1.71. The van der Waals surface area contributed by atoms with E-state index in [0.29, 0.717) is 6.34 Å². The summed E-state index contributed by atoms with van der Waals surface area (Å²) in [5.41, 5.74) is 0. The molecule has 0 spiro atoms. The fraction of sp³-hybridized carbons (Fsp3) is 1.00. The summed E-state index contributed by atoms with van der Waals surface area (Å²) in [6, 6.07) is 0. The quantitative estimate of drug-likeness (QED) is 0.517. The van der Waals surface area contributed by atoms with Gasteiger partial charge in [0.05, 0.1) is 0 Å². The predicted octanol–water partition coefficient (Wildman–Crippen LogP) is 5.62. The van der Waals surface area contributed by atoms with Crippen LogP contribution in [0.1, 0.15) is 55.4 Å². The maximum Gasteiger partial charge on any atom is -0.147 e. The van der Waals surface area contributed by atoms with E-state index in [9.17, 15) is 0 Å². The van der Waals surface area contributed by atoms with E-state index < -0.39 is 22.9 Å². The van der Waals surface area contributed by atoms with Crippen molar-refractivity contribution in [2.45, 2.75) is 61.7 Å². The topological polar surface area (TPSA) is 0 Å². The van der Waals surface area contributed by atoms with E-state index >= 15 is 0 Å². The van der Waals surface area contributed by atoms with Crippen LogP contribution >= 0.6 is 24.8 Å². The van der Waals surface area contributed by atoms with Crippen LogP contribution in [0.3, 0.4) is 0 Å². The third-order valence-corrected chi connectivity index (χ3v) is 12.3. The summed E-state index contributed by atoms with van der Waals surface area (Å²) in [7, 11) is 0. The molecule has 0 nitrogen and oxygen atoms in total. The zero-order valence-corrected chi connectivity index (χ0v) is 16.7. The maximum absolute atomic E-state index is 2.48. The van der Waals surface area contributed by atoms with Crippen molar-refractivity contribution in [1.82, 2.24) is 0 Å². The molecular weight excluding hydrogens is 394 g/mol. The molecule has 0 bridgehead atoms. The first-order valence-corrected chi connectivity index (χ1v) is 8.98. The molecule has 0 rings (SSSR count). The Morgan fingerprint density at radius 2 is 0.867 bits per heavy atom. The van der Waals surface area contributed by atoms with E-state index in [1.165, 1.54) is 0 Å². The van der Waals surface area contributed by atoms with Crippen LogP contribution in [0.5, 0.6) is 0 Å². The molecule has 0 saturated carbocycles. The number of hydrogen-bond acceptors (Lipinski definition) is 0.